The number of hydrogen-bond acceptors (Lipinski definition) is 3. The molecule has 0 aromatic carbocycles. The number of thiophene rings is 1. The van der Waals surface area contributed by atoms with E-state index in [1.807, 2.05) is 11.3 Å². The molecule has 18 heavy (non-hydrogen) atoms. The summed E-state index contributed by atoms with van der Waals surface area (Å²) < 4.78 is 0. The standard InChI is InChI=1S/C15H26N2S/c1-12(2)17(11-14-4-5-14)8-7-16-10-15-13(3)6-9-18-15/h6,9,12,14,16H,4-5,7-8,10-11H2,1-3H3. The van der Waals surface area contributed by atoms with Crippen LogP contribution in [0.15, 0.2) is 11.4 Å². The average molecular weight is 266 g/mol. The molecule has 1 fully saturated rings. The fourth-order valence-corrected chi connectivity index (χ4v) is 3.08. The highest BCUT2D eigenvalue weighted by Crippen LogP contribution is 2.30. The molecule has 1 aliphatic carbocycles. The molecule has 1 aromatic rings. The topological polar surface area (TPSA) is 15.3 Å². The van der Waals surface area contributed by atoms with Gasteiger partial charge in [0.15, 0.2) is 0 Å². The Kier molecular flexibility index (Phi) is 5.22. The van der Waals surface area contributed by atoms with Crippen molar-refractivity contribution in [3.8, 4) is 0 Å². The van der Waals surface area contributed by atoms with Crippen molar-refractivity contribution in [1.29, 1.82) is 0 Å². The zero-order valence-electron chi connectivity index (χ0n) is 11.9. The molecule has 3 heteroatoms. The lowest BCUT2D eigenvalue weighted by Gasteiger charge is -2.26. The predicted octanol–water partition coefficient (Wildman–Crippen LogP) is 3.27. The lowest BCUT2D eigenvalue weighted by Crippen LogP contribution is -2.38. The fraction of sp³-hybridized carbons (Fsp3) is 0.733. The summed E-state index contributed by atoms with van der Waals surface area (Å²) in [5, 5.41) is 5.76. The first kappa shape index (κ1) is 14.0. The van der Waals surface area contributed by atoms with Gasteiger partial charge in [-0.1, -0.05) is 0 Å². The van der Waals surface area contributed by atoms with Crippen molar-refractivity contribution >= 4 is 11.3 Å². The monoisotopic (exact) mass is 266 g/mol. The van der Waals surface area contributed by atoms with Crippen LogP contribution in [-0.2, 0) is 6.54 Å². The summed E-state index contributed by atoms with van der Waals surface area (Å²) in [6.45, 7) is 11.4. The Labute approximate surface area is 115 Å². The molecule has 0 atom stereocenters. The van der Waals surface area contributed by atoms with E-state index in [0.29, 0.717) is 6.04 Å². The second-order valence-corrected chi connectivity index (χ2v) is 6.74. The summed E-state index contributed by atoms with van der Waals surface area (Å²) >= 11 is 1.86. The van der Waals surface area contributed by atoms with Gasteiger partial charge in [-0.15, -0.1) is 11.3 Å². The molecule has 1 N–H and O–H groups in total. The number of rotatable bonds is 8. The molecule has 0 bridgehead atoms. The summed E-state index contributed by atoms with van der Waals surface area (Å²) in [5.74, 6) is 0.993. The van der Waals surface area contributed by atoms with Crippen LogP contribution in [0.5, 0.6) is 0 Å². The van der Waals surface area contributed by atoms with E-state index in [-0.39, 0.29) is 0 Å². The Hall–Kier alpha value is -0.380. The molecule has 0 radical (unpaired) electrons. The quantitative estimate of drug-likeness (QED) is 0.727. The van der Waals surface area contributed by atoms with E-state index >= 15 is 0 Å². The molecule has 0 spiro atoms. The Morgan fingerprint density at radius 2 is 2.22 bits per heavy atom. The largest absolute Gasteiger partial charge is 0.311 e. The molecule has 0 amide bonds. The SMILES string of the molecule is Cc1ccsc1CNCCN(CC1CC1)C(C)C. The van der Waals surface area contributed by atoms with Gasteiger partial charge < -0.3 is 5.32 Å². The summed E-state index contributed by atoms with van der Waals surface area (Å²) in [6.07, 6.45) is 2.90. The number of nitrogens with zero attached hydrogens (tertiary/aromatic N) is 1. The van der Waals surface area contributed by atoms with Gasteiger partial charge in [-0.25, -0.2) is 0 Å². The van der Waals surface area contributed by atoms with Crippen LogP contribution in [0.4, 0.5) is 0 Å². The molecule has 2 nitrogen and oxygen atoms in total. The van der Waals surface area contributed by atoms with Gasteiger partial charge >= 0.3 is 0 Å². The minimum absolute atomic E-state index is 0.677. The first-order chi connectivity index (χ1) is 8.66. The molecule has 102 valence electrons. The average Bonchev–Trinajstić information content (AvgIpc) is 3.06. The summed E-state index contributed by atoms with van der Waals surface area (Å²) in [6, 6.07) is 2.88. The number of hydrogen-bond donors (Lipinski definition) is 1. The maximum absolute atomic E-state index is 3.58. The third kappa shape index (κ3) is 4.38. The van der Waals surface area contributed by atoms with Crippen molar-refractivity contribution in [2.75, 3.05) is 19.6 Å². The molecule has 1 aromatic heterocycles. The van der Waals surface area contributed by atoms with Crippen LogP contribution in [-0.4, -0.2) is 30.6 Å². The molecule has 1 heterocycles. The van der Waals surface area contributed by atoms with Crippen LogP contribution >= 0.6 is 11.3 Å². The van der Waals surface area contributed by atoms with Gasteiger partial charge in [0.2, 0.25) is 0 Å². The van der Waals surface area contributed by atoms with E-state index in [2.05, 4.69) is 42.4 Å². The molecule has 1 aliphatic rings. The number of aryl methyl sites for hydroxylation is 1. The van der Waals surface area contributed by atoms with Gasteiger partial charge in [0, 0.05) is 37.1 Å². The second-order valence-electron chi connectivity index (χ2n) is 5.74. The van der Waals surface area contributed by atoms with Crippen molar-refractivity contribution in [3.05, 3.63) is 21.9 Å². The van der Waals surface area contributed by atoms with Gasteiger partial charge in [-0.3, -0.25) is 4.90 Å². The van der Waals surface area contributed by atoms with E-state index in [1.165, 1.54) is 36.4 Å². The highest BCUT2D eigenvalue weighted by atomic mass is 32.1. The van der Waals surface area contributed by atoms with Gasteiger partial charge in [-0.2, -0.15) is 0 Å². The van der Waals surface area contributed by atoms with Gasteiger partial charge in [0.1, 0.15) is 0 Å². The lowest BCUT2D eigenvalue weighted by molar-refractivity contribution is 0.213. The highest BCUT2D eigenvalue weighted by molar-refractivity contribution is 7.10. The Morgan fingerprint density at radius 3 is 2.78 bits per heavy atom. The molecular formula is C15H26N2S. The van der Waals surface area contributed by atoms with Gasteiger partial charge in [0.25, 0.3) is 0 Å². The van der Waals surface area contributed by atoms with Crippen molar-refractivity contribution < 1.29 is 0 Å². The molecule has 2 rings (SSSR count). The van der Waals surface area contributed by atoms with Crippen LogP contribution < -0.4 is 5.32 Å². The Morgan fingerprint density at radius 1 is 1.44 bits per heavy atom. The molecule has 0 unspecified atom stereocenters. The van der Waals surface area contributed by atoms with Gasteiger partial charge in [-0.05, 0) is 56.5 Å². The summed E-state index contributed by atoms with van der Waals surface area (Å²) in [5.41, 5.74) is 1.42. The minimum atomic E-state index is 0.677. The highest BCUT2D eigenvalue weighted by Gasteiger charge is 2.24. The zero-order valence-corrected chi connectivity index (χ0v) is 12.7. The van der Waals surface area contributed by atoms with E-state index in [4.69, 9.17) is 0 Å². The molecular weight excluding hydrogens is 240 g/mol. The van der Waals surface area contributed by atoms with Crippen LogP contribution in [0.2, 0.25) is 0 Å². The van der Waals surface area contributed by atoms with E-state index in [1.54, 1.807) is 0 Å². The van der Waals surface area contributed by atoms with Crippen molar-refractivity contribution in [2.45, 2.75) is 46.2 Å². The normalized spacial score (nSPS) is 15.8. The minimum Gasteiger partial charge on any atom is -0.311 e. The Balaban J connectivity index is 1.65. The van der Waals surface area contributed by atoms with Gasteiger partial charge in [0.05, 0.1) is 0 Å². The first-order valence-corrected chi connectivity index (χ1v) is 8.02. The Bertz CT molecular complexity index is 355. The first-order valence-electron chi connectivity index (χ1n) is 7.14. The van der Waals surface area contributed by atoms with Crippen molar-refractivity contribution in [2.24, 2.45) is 5.92 Å². The van der Waals surface area contributed by atoms with Crippen LogP contribution in [0, 0.1) is 12.8 Å². The molecule has 1 saturated carbocycles. The smallest absolute Gasteiger partial charge is 0.0302 e. The van der Waals surface area contributed by atoms with Crippen LogP contribution in [0.1, 0.15) is 37.1 Å². The lowest BCUT2D eigenvalue weighted by atomic mass is 10.2. The molecule has 0 aliphatic heterocycles. The number of nitrogens with one attached hydrogen (secondary N) is 1. The summed E-state index contributed by atoms with van der Waals surface area (Å²) in [7, 11) is 0. The third-order valence-corrected chi connectivity index (χ3v) is 4.77. The zero-order chi connectivity index (χ0) is 13.0. The van der Waals surface area contributed by atoms with Crippen molar-refractivity contribution in [1.82, 2.24) is 10.2 Å². The van der Waals surface area contributed by atoms with Crippen LogP contribution in [0.3, 0.4) is 0 Å². The fourth-order valence-electron chi connectivity index (χ4n) is 2.20. The second kappa shape index (κ2) is 6.69. The third-order valence-electron chi connectivity index (χ3n) is 3.75. The van der Waals surface area contributed by atoms with E-state index in [0.717, 1.165) is 19.0 Å². The molecule has 0 saturated heterocycles. The maximum atomic E-state index is 3.58. The predicted molar refractivity (Wildman–Crippen MR) is 80.2 cm³/mol. The summed E-state index contributed by atoms with van der Waals surface area (Å²) in [4.78, 5) is 4.10. The maximum Gasteiger partial charge on any atom is 0.0302 e. The van der Waals surface area contributed by atoms with E-state index in [9.17, 15) is 0 Å². The van der Waals surface area contributed by atoms with E-state index < -0.39 is 0 Å². The van der Waals surface area contributed by atoms with Crippen molar-refractivity contribution in [3.63, 3.8) is 0 Å². The van der Waals surface area contributed by atoms with Crippen LogP contribution in [0.25, 0.3) is 0 Å².